The minimum Gasteiger partial charge on any atom is -0.458 e. The maximum Gasteiger partial charge on any atom is 0.355 e. The molecule has 2 heterocycles. The number of amides is 1. The van der Waals surface area contributed by atoms with Crippen LogP contribution >= 0.6 is 0 Å². The summed E-state index contributed by atoms with van der Waals surface area (Å²) in [5.41, 5.74) is 3.66. The van der Waals surface area contributed by atoms with Crippen molar-refractivity contribution >= 4 is 28.6 Å². The Morgan fingerprint density at radius 2 is 1.49 bits per heavy atom. The van der Waals surface area contributed by atoms with Crippen LogP contribution in [-0.4, -0.2) is 27.1 Å². The van der Waals surface area contributed by atoms with E-state index in [0.29, 0.717) is 22.4 Å². The van der Waals surface area contributed by atoms with Gasteiger partial charge in [0.1, 0.15) is 23.9 Å². The van der Waals surface area contributed by atoms with Crippen LogP contribution in [0, 0.1) is 11.6 Å². The van der Waals surface area contributed by atoms with Crippen LogP contribution in [0.5, 0.6) is 0 Å². The molecule has 0 spiro atoms. The molecule has 0 saturated carbocycles. The predicted octanol–water partition coefficient (Wildman–Crippen LogP) is 6.51. The van der Waals surface area contributed by atoms with Crippen molar-refractivity contribution in [3.8, 4) is 5.69 Å². The number of esters is 1. The third kappa shape index (κ3) is 5.60. The fraction of sp³-hybridized carbons (Fsp3) is 0.161. The number of halogens is 2. The van der Waals surface area contributed by atoms with E-state index in [1.807, 2.05) is 34.9 Å². The lowest BCUT2D eigenvalue weighted by Crippen LogP contribution is -2.34. The Morgan fingerprint density at radius 1 is 0.846 bits per heavy atom. The fourth-order valence-corrected chi connectivity index (χ4v) is 4.52. The SMILES string of the molecule is CC(C)OC(=O)c1cc2c(ccn2-c2ccc(F)cc2)n1CC(=O)N(Cc1ccccc1)c1ccc(F)cc1. The van der Waals surface area contributed by atoms with Gasteiger partial charge in [0.2, 0.25) is 5.91 Å². The van der Waals surface area contributed by atoms with Crippen molar-refractivity contribution in [2.24, 2.45) is 0 Å². The minimum atomic E-state index is -0.559. The number of anilines is 1. The van der Waals surface area contributed by atoms with E-state index in [4.69, 9.17) is 4.74 Å². The van der Waals surface area contributed by atoms with Crippen molar-refractivity contribution in [1.29, 1.82) is 0 Å². The molecule has 6 nitrogen and oxygen atoms in total. The molecule has 0 radical (unpaired) electrons. The van der Waals surface area contributed by atoms with Crippen LogP contribution in [0.4, 0.5) is 14.5 Å². The van der Waals surface area contributed by atoms with E-state index in [2.05, 4.69) is 0 Å². The largest absolute Gasteiger partial charge is 0.458 e. The van der Waals surface area contributed by atoms with E-state index in [1.54, 1.807) is 65.9 Å². The van der Waals surface area contributed by atoms with Gasteiger partial charge in [0.15, 0.2) is 0 Å². The topological polar surface area (TPSA) is 56.5 Å². The molecule has 0 fully saturated rings. The van der Waals surface area contributed by atoms with Gasteiger partial charge in [-0.05, 0) is 80.1 Å². The number of fused-ring (bicyclic) bond motifs is 1. The summed E-state index contributed by atoms with van der Waals surface area (Å²) < 4.78 is 36.2. The molecule has 0 unspecified atom stereocenters. The van der Waals surface area contributed by atoms with Gasteiger partial charge in [0.05, 0.1) is 23.7 Å². The zero-order valence-corrected chi connectivity index (χ0v) is 21.6. The Bertz CT molecular complexity index is 1610. The summed E-state index contributed by atoms with van der Waals surface area (Å²) in [6.07, 6.45) is 1.45. The number of rotatable bonds is 8. The maximum absolute atomic E-state index is 13.9. The third-order valence-electron chi connectivity index (χ3n) is 6.33. The monoisotopic (exact) mass is 527 g/mol. The lowest BCUT2D eigenvalue weighted by Gasteiger charge is -2.24. The van der Waals surface area contributed by atoms with E-state index in [9.17, 15) is 18.4 Å². The summed E-state index contributed by atoms with van der Waals surface area (Å²) in [4.78, 5) is 28.5. The van der Waals surface area contributed by atoms with Gasteiger partial charge in [-0.1, -0.05) is 30.3 Å². The highest BCUT2D eigenvalue weighted by Crippen LogP contribution is 2.27. The van der Waals surface area contributed by atoms with E-state index in [1.165, 1.54) is 24.3 Å². The van der Waals surface area contributed by atoms with E-state index in [0.717, 1.165) is 5.56 Å². The summed E-state index contributed by atoms with van der Waals surface area (Å²) in [5, 5.41) is 0. The molecule has 0 aliphatic heterocycles. The molecule has 0 atom stereocenters. The molecule has 5 rings (SSSR count). The highest BCUT2D eigenvalue weighted by molar-refractivity contribution is 5.99. The van der Waals surface area contributed by atoms with E-state index >= 15 is 0 Å². The fourth-order valence-electron chi connectivity index (χ4n) is 4.52. The molecule has 1 amide bonds. The Kier molecular flexibility index (Phi) is 7.27. The van der Waals surface area contributed by atoms with Crippen LogP contribution in [0.2, 0.25) is 0 Å². The van der Waals surface area contributed by atoms with Crippen LogP contribution in [0.1, 0.15) is 29.9 Å². The Balaban J connectivity index is 1.56. The second-order valence-electron chi connectivity index (χ2n) is 9.44. The van der Waals surface area contributed by atoms with Crippen molar-refractivity contribution in [3.63, 3.8) is 0 Å². The number of carbonyl (C=O) groups excluding carboxylic acids is 2. The molecule has 198 valence electrons. The van der Waals surface area contributed by atoms with Gasteiger partial charge in [-0.3, -0.25) is 4.79 Å². The first-order valence-corrected chi connectivity index (χ1v) is 12.6. The maximum atomic E-state index is 13.9. The summed E-state index contributed by atoms with van der Waals surface area (Å²) in [6, 6.07) is 24.7. The number of hydrogen-bond acceptors (Lipinski definition) is 3. The molecule has 0 bridgehead atoms. The first-order chi connectivity index (χ1) is 18.8. The van der Waals surface area contributed by atoms with E-state index < -0.39 is 11.8 Å². The molecular weight excluding hydrogens is 500 g/mol. The van der Waals surface area contributed by atoms with Gasteiger partial charge in [0.25, 0.3) is 0 Å². The molecule has 0 aliphatic rings. The average Bonchev–Trinajstić information content (AvgIpc) is 3.49. The zero-order valence-electron chi connectivity index (χ0n) is 21.6. The van der Waals surface area contributed by atoms with Crippen molar-refractivity contribution in [1.82, 2.24) is 9.13 Å². The molecule has 39 heavy (non-hydrogen) atoms. The Labute approximate surface area is 224 Å². The molecule has 5 aromatic rings. The number of hydrogen-bond donors (Lipinski definition) is 0. The molecular formula is C31H27F2N3O3. The predicted molar refractivity (Wildman–Crippen MR) is 146 cm³/mol. The minimum absolute atomic E-state index is 0.163. The summed E-state index contributed by atoms with van der Waals surface area (Å²) >= 11 is 0. The lowest BCUT2D eigenvalue weighted by atomic mass is 10.2. The number of benzene rings is 3. The summed E-state index contributed by atoms with van der Waals surface area (Å²) in [5.74, 6) is -1.61. The molecule has 0 saturated heterocycles. The normalized spacial score (nSPS) is 11.2. The van der Waals surface area contributed by atoms with Crippen LogP contribution in [-0.2, 0) is 22.6 Å². The molecule has 0 aliphatic carbocycles. The van der Waals surface area contributed by atoms with Crippen molar-refractivity contribution in [3.05, 3.63) is 120 Å². The highest BCUT2D eigenvalue weighted by Gasteiger charge is 2.25. The van der Waals surface area contributed by atoms with Crippen LogP contribution in [0.15, 0.2) is 97.2 Å². The quantitative estimate of drug-likeness (QED) is 0.216. The second kappa shape index (κ2) is 10.9. The summed E-state index contributed by atoms with van der Waals surface area (Å²) in [7, 11) is 0. The Hall–Kier alpha value is -4.72. The van der Waals surface area contributed by atoms with Crippen LogP contribution in [0.3, 0.4) is 0 Å². The number of nitrogens with zero attached hydrogens (tertiary/aromatic N) is 3. The second-order valence-corrected chi connectivity index (χ2v) is 9.44. The smallest absolute Gasteiger partial charge is 0.355 e. The lowest BCUT2D eigenvalue weighted by molar-refractivity contribution is -0.119. The summed E-state index contributed by atoms with van der Waals surface area (Å²) in [6.45, 7) is 3.61. The van der Waals surface area contributed by atoms with Gasteiger partial charge in [-0.15, -0.1) is 0 Å². The van der Waals surface area contributed by atoms with E-state index in [-0.39, 0.29) is 36.6 Å². The zero-order chi connectivity index (χ0) is 27.5. The van der Waals surface area contributed by atoms with Crippen molar-refractivity contribution < 1.29 is 23.1 Å². The third-order valence-corrected chi connectivity index (χ3v) is 6.33. The van der Waals surface area contributed by atoms with Crippen LogP contribution in [0.25, 0.3) is 16.7 Å². The Morgan fingerprint density at radius 3 is 2.13 bits per heavy atom. The number of ether oxygens (including phenoxy) is 1. The van der Waals surface area contributed by atoms with Crippen molar-refractivity contribution in [2.75, 3.05) is 4.90 Å². The standard InChI is InChI=1S/C31H27F2N3O3/c1-21(2)39-31(38)29-18-28-27(16-17-34(28)25-12-8-23(32)9-13-25)36(29)20-30(37)35(19-22-6-4-3-5-7-22)26-14-10-24(33)11-15-26/h3-18,21H,19-20H2,1-2H3. The van der Waals surface area contributed by atoms with Gasteiger partial charge >= 0.3 is 5.97 Å². The highest BCUT2D eigenvalue weighted by atomic mass is 19.1. The van der Waals surface area contributed by atoms with Gasteiger partial charge in [-0.25, -0.2) is 13.6 Å². The molecule has 0 N–H and O–H groups in total. The van der Waals surface area contributed by atoms with Gasteiger partial charge in [-0.2, -0.15) is 0 Å². The molecule has 2 aromatic heterocycles. The first-order valence-electron chi connectivity index (χ1n) is 12.6. The molecule has 3 aromatic carbocycles. The van der Waals surface area contributed by atoms with Crippen LogP contribution < -0.4 is 4.90 Å². The first kappa shape index (κ1) is 25.9. The number of aromatic nitrogens is 2. The number of carbonyl (C=O) groups is 2. The average molecular weight is 528 g/mol. The van der Waals surface area contributed by atoms with Gasteiger partial charge < -0.3 is 18.8 Å². The van der Waals surface area contributed by atoms with Crippen molar-refractivity contribution in [2.45, 2.75) is 33.0 Å². The molecule has 8 heteroatoms. The van der Waals surface area contributed by atoms with Gasteiger partial charge in [0, 0.05) is 17.6 Å².